The Labute approximate surface area is 247 Å². The smallest absolute Gasteiger partial charge is 0.326 e. The first-order valence-corrected chi connectivity index (χ1v) is 14.5. The number of rotatable bonds is 15. The predicted molar refractivity (Wildman–Crippen MR) is 160 cm³/mol. The van der Waals surface area contributed by atoms with Gasteiger partial charge in [-0.1, -0.05) is 29.8 Å². The second kappa shape index (κ2) is 15.3. The Morgan fingerprint density at radius 1 is 1.10 bits per heavy atom. The highest BCUT2D eigenvalue weighted by Crippen LogP contribution is 2.26. The molecule has 0 fully saturated rings. The average Bonchev–Trinajstić information content (AvgIpc) is 3.58. The number of fused-ring (bicyclic) bond motifs is 1. The van der Waals surface area contributed by atoms with Crippen LogP contribution in [0.3, 0.4) is 0 Å². The number of unbranched alkanes of at least 4 members (excludes halogenated alkanes) is 1. The van der Waals surface area contributed by atoms with Crippen LogP contribution in [0.1, 0.15) is 37.5 Å². The average molecular weight is 602 g/mol. The molecule has 2 aromatic rings. The first-order chi connectivity index (χ1) is 19.9. The number of carbonyl (C=O) groups is 4. The minimum absolute atomic E-state index is 0.0865. The number of guanidine groups is 1. The van der Waals surface area contributed by atoms with Crippen molar-refractivity contribution < 1.29 is 29.4 Å². The largest absolute Gasteiger partial charge is 0.480 e. The lowest BCUT2D eigenvalue weighted by molar-refractivity contribution is -0.141. The van der Waals surface area contributed by atoms with E-state index in [0.29, 0.717) is 25.9 Å². The van der Waals surface area contributed by atoms with Crippen LogP contribution in [0.25, 0.3) is 10.1 Å². The predicted octanol–water partition coefficient (Wildman–Crippen LogP) is 0.0182. The number of benzene rings is 1. The molecule has 228 valence electrons. The van der Waals surface area contributed by atoms with Crippen LogP contribution in [0, 0.1) is 5.41 Å². The van der Waals surface area contributed by atoms with Gasteiger partial charge < -0.3 is 42.5 Å². The SMILES string of the molecule is CC(O)C(N)C(=O)NC(CC1=CCN(C(=N)N)C1)C(=O)NCCCCC(=O)NC(Cc1cc2ccccc2s1)C(=O)O. The maximum atomic E-state index is 12.9. The summed E-state index contributed by atoms with van der Waals surface area (Å²) in [6.45, 7) is 2.38. The van der Waals surface area contributed by atoms with Gasteiger partial charge in [0.15, 0.2) is 5.96 Å². The van der Waals surface area contributed by atoms with Crippen LogP contribution in [0.2, 0.25) is 0 Å². The Morgan fingerprint density at radius 2 is 1.83 bits per heavy atom. The first-order valence-electron chi connectivity index (χ1n) is 13.7. The second-order valence-electron chi connectivity index (χ2n) is 10.3. The Morgan fingerprint density at radius 3 is 2.48 bits per heavy atom. The van der Waals surface area contributed by atoms with Gasteiger partial charge in [0.1, 0.15) is 18.1 Å². The summed E-state index contributed by atoms with van der Waals surface area (Å²) in [6.07, 6.45) is 2.03. The zero-order valence-electron chi connectivity index (χ0n) is 23.5. The van der Waals surface area contributed by atoms with Crippen molar-refractivity contribution >= 4 is 51.1 Å². The van der Waals surface area contributed by atoms with Crippen molar-refractivity contribution in [3.8, 4) is 0 Å². The third kappa shape index (κ3) is 9.53. The van der Waals surface area contributed by atoms with E-state index in [-0.39, 0.29) is 31.8 Å². The van der Waals surface area contributed by atoms with Gasteiger partial charge in [-0.3, -0.25) is 19.8 Å². The summed E-state index contributed by atoms with van der Waals surface area (Å²) >= 11 is 1.50. The van der Waals surface area contributed by atoms with Gasteiger partial charge in [0.05, 0.1) is 6.10 Å². The molecule has 0 spiro atoms. The quantitative estimate of drug-likeness (QED) is 0.0595. The summed E-state index contributed by atoms with van der Waals surface area (Å²) in [5.74, 6) is -2.73. The van der Waals surface area contributed by atoms with E-state index in [1.165, 1.54) is 18.3 Å². The summed E-state index contributed by atoms with van der Waals surface area (Å²) in [5.41, 5.74) is 12.1. The van der Waals surface area contributed by atoms with E-state index in [9.17, 15) is 29.4 Å². The molecule has 3 rings (SSSR count). The number of carbonyl (C=O) groups excluding carboxylic acids is 3. The zero-order valence-corrected chi connectivity index (χ0v) is 24.3. The number of amides is 3. The highest BCUT2D eigenvalue weighted by atomic mass is 32.1. The van der Waals surface area contributed by atoms with Gasteiger partial charge in [-0.25, -0.2) is 4.79 Å². The highest BCUT2D eigenvalue weighted by molar-refractivity contribution is 7.19. The lowest BCUT2D eigenvalue weighted by Crippen LogP contribution is -2.54. The van der Waals surface area contributed by atoms with Gasteiger partial charge in [-0.05, 0) is 43.7 Å². The van der Waals surface area contributed by atoms with Crippen molar-refractivity contribution in [1.82, 2.24) is 20.9 Å². The number of aliphatic hydroxyl groups excluding tert-OH is 1. The van der Waals surface area contributed by atoms with E-state index in [1.807, 2.05) is 36.4 Å². The summed E-state index contributed by atoms with van der Waals surface area (Å²) in [6, 6.07) is 6.46. The van der Waals surface area contributed by atoms with E-state index < -0.39 is 47.9 Å². The molecule has 0 saturated heterocycles. The summed E-state index contributed by atoms with van der Waals surface area (Å²) in [5, 5.41) is 35.8. The van der Waals surface area contributed by atoms with Crippen molar-refractivity contribution in [2.45, 2.75) is 63.3 Å². The maximum absolute atomic E-state index is 12.9. The Balaban J connectivity index is 1.45. The molecule has 13 nitrogen and oxygen atoms in total. The van der Waals surface area contributed by atoms with Crippen molar-refractivity contribution in [3.63, 3.8) is 0 Å². The molecule has 1 aliphatic heterocycles. The van der Waals surface area contributed by atoms with Crippen LogP contribution < -0.4 is 27.4 Å². The summed E-state index contributed by atoms with van der Waals surface area (Å²) < 4.78 is 1.05. The number of carboxylic acids is 1. The van der Waals surface area contributed by atoms with E-state index in [4.69, 9.17) is 16.9 Å². The number of aliphatic carboxylic acids is 1. The highest BCUT2D eigenvalue weighted by Gasteiger charge is 2.28. The van der Waals surface area contributed by atoms with Crippen LogP contribution >= 0.6 is 11.3 Å². The summed E-state index contributed by atoms with van der Waals surface area (Å²) in [4.78, 5) is 52.1. The molecule has 1 aliphatic rings. The molecule has 14 heteroatoms. The lowest BCUT2D eigenvalue weighted by Gasteiger charge is -2.23. The third-order valence-corrected chi connectivity index (χ3v) is 8.04. The molecule has 1 aromatic carbocycles. The van der Waals surface area contributed by atoms with Crippen LogP contribution in [-0.4, -0.2) is 88.6 Å². The molecule has 4 atom stereocenters. The molecule has 3 amide bonds. The number of carboxylic acid groups (broad SMARTS) is 1. The normalized spacial score (nSPS) is 15.8. The van der Waals surface area contributed by atoms with E-state index in [2.05, 4.69) is 16.0 Å². The topological polar surface area (TPSA) is 224 Å². The number of nitrogens with two attached hydrogens (primary N) is 2. The number of hydrogen-bond acceptors (Lipinski definition) is 8. The molecule has 0 aliphatic carbocycles. The Hall–Kier alpha value is -4.01. The minimum atomic E-state index is -1.21. The van der Waals surface area contributed by atoms with Crippen LogP contribution in [-0.2, 0) is 25.6 Å². The molecular weight excluding hydrogens is 562 g/mol. The number of aliphatic hydroxyl groups is 1. The van der Waals surface area contributed by atoms with Crippen molar-refractivity contribution in [2.24, 2.45) is 11.5 Å². The van der Waals surface area contributed by atoms with Crippen LogP contribution in [0.15, 0.2) is 42.0 Å². The van der Waals surface area contributed by atoms with E-state index in [1.54, 1.807) is 4.90 Å². The van der Waals surface area contributed by atoms with Gasteiger partial charge >= 0.3 is 5.97 Å². The monoisotopic (exact) mass is 601 g/mol. The molecule has 1 aromatic heterocycles. The standard InChI is InChI=1S/C28H39N7O6S/c1-16(36)24(29)26(39)34-20(12-17-9-11-35(15-17)28(30)31)25(38)32-10-5-4-8-23(37)33-21(27(40)41)14-19-13-18-6-2-3-7-22(18)42-19/h2-3,6-7,9,13,16,20-21,24,36H,4-5,8,10-12,14-15,29H2,1H3,(H3,30,31)(H,32,38)(H,33,37)(H,34,39)(H,40,41). The van der Waals surface area contributed by atoms with Crippen molar-refractivity contribution in [3.05, 3.63) is 46.9 Å². The molecule has 42 heavy (non-hydrogen) atoms. The van der Waals surface area contributed by atoms with Gasteiger partial charge in [0.25, 0.3) is 0 Å². The molecule has 4 unspecified atom stereocenters. The number of hydrogen-bond donors (Lipinski definition) is 8. The molecule has 10 N–H and O–H groups in total. The number of thiophene rings is 1. The molecule has 2 heterocycles. The minimum Gasteiger partial charge on any atom is -0.480 e. The van der Waals surface area contributed by atoms with Crippen molar-refractivity contribution in [1.29, 1.82) is 5.41 Å². The van der Waals surface area contributed by atoms with Gasteiger partial charge in [-0.2, -0.15) is 0 Å². The van der Waals surface area contributed by atoms with Crippen molar-refractivity contribution in [2.75, 3.05) is 19.6 Å². The summed E-state index contributed by atoms with van der Waals surface area (Å²) in [7, 11) is 0. The van der Waals surface area contributed by atoms with Gasteiger partial charge in [0.2, 0.25) is 17.7 Å². The third-order valence-electron chi connectivity index (χ3n) is 6.90. The maximum Gasteiger partial charge on any atom is 0.326 e. The van der Waals surface area contributed by atoms with E-state index >= 15 is 0 Å². The molecule has 0 bridgehead atoms. The first kappa shape index (κ1) is 32.5. The Bertz CT molecular complexity index is 1290. The molecule has 0 radical (unpaired) electrons. The molecule has 0 saturated carbocycles. The van der Waals surface area contributed by atoms with Crippen LogP contribution in [0.5, 0.6) is 0 Å². The van der Waals surface area contributed by atoms with Crippen LogP contribution in [0.4, 0.5) is 0 Å². The lowest BCUT2D eigenvalue weighted by atomic mass is 10.0. The second-order valence-corrected chi connectivity index (χ2v) is 11.5. The fourth-order valence-electron chi connectivity index (χ4n) is 4.45. The fraction of sp³-hybridized carbons (Fsp3) is 0.464. The van der Waals surface area contributed by atoms with Gasteiger partial charge in [-0.15, -0.1) is 11.3 Å². The fourth-order valence-corrected chi connectivity index (χ4v) is 5.56. The van der Waals surface area contributed by atoms with E-state index in [0.717, 1.165) is 20.5 Å². The number of nitrogens with zero attached hydrogens (tertiary/aromatic N) is 1. The molecular formula is C28H39N7O6S. The number of nitrogens with one attached hydrogen (secondary N) is 4. The zero-order chi connectivity index (χ0) is 30.8. The van der Waals surface area contributed by atoms with Gasteiger partial charge in [0, 0.05) is 42.1 Å². The Kier molecular flexibility index (Phi) is 11.8.